The number of carbonyl (C=O) groups excluding carboxylic acids is 3. The first kappa shape index (κ1) is 29.7. The third-order valence-corrected chi connectivity index (χ3v) is 4.91. The minimum atomic E-state index is -0.340. The first-order valence-corrected chi connectivity index (χ1v) is 10.8. The van der Waals surface area contributed by atoms with E-state index in [-0.39, 0.29) is 42.7 Å². The lowest BCUT2D eigenvalue weighted by molar-refractivity contribution is -0.138. The molecule has 1 rings (SSSR count). The topological polar surface area (TPSA) is 79.0 Å². The normalized spacial score (nSPS) is 16.3. The molecule has 0 radical (unpaired) electrons. The molecule has 29 heavy (non-hydrogen) atoms. The number of ketones is 1. The number of nitrogens with zero attached hydrogens (tertiary/aromatic N) is 2. The number of nitrogens with one attached hydrogen (secondary N) is 1. The highest BCUT2D eigenvalue weighted by Gasteiger charge is 2.32. The molecule has 0 aromatic rings. The maximum atomic E-state index is 12.0. The van der Waals surface area contributed by atoms with Crippen LogP contribution < -0.4 is 5.32 Å². The summed E-state index contributed by atoms with van der Waals surface area (Å²) >= 11 is 0. The van der Waals surface area contributed by atoms with Crippen molar-refractivity contribution in [3.63, 3.8) is 0 Å². The summed E-state index contributed by atoms with van der Waals surface area (Å²) in [6.45, 7) is 12.4. The van der Waals surface area contributed by atoms with E-state index in [2.05, 4.69) is 31.1 Å². The summed E-state index contributed by atoms with van der Waals surface area (Å²) in [5, 5.41) is 2.36. The van der Waals surface area contributed by atoms with Gasteiger partial charge in [-0.1, -0.05) is 40.5 Å². The molecule has 0 saturated carbocycles. The highest BCUT2D eigenvalue weighted by Crippen LogP contribution is 2.21. The third-order valence-electron chi connectivity index (χ3n) is 4.91. The van der Waals surface area contributed by atoms with Gasteiger partial charge in [-0.15, -0.1) is 0 Å². The van der Waals surface area contributed by atoms with Crippen molar-refractivity contribution in [2.45, 2.75) is 78.9 Å². The number of methoxy groups -OCH3 is 1. The van der Waals surface area contributed by atoms with Gasteiger partial charge in [-0.2, -0.15) is 0 Å². The zero-order valence-electron chi connectivity index (χ0n) is 20.0. The average Bonchev–Trinajstić information content (AvgIpc) is 3.16. The maximum absolute atomic E-state index is 12.0. The molecule has 1 N–H and O–H groups in total. The van der Waals surface area contributed by atoms with E-state index in [0.717, 1.165) is 6.42 Å². The molecule has 0 aliphatic carbocycles. The maximum Gasteiger partial charge on any atom is 0.242 e. The molecule has 0 aromatic carbocycles. The van der Waals surface area contributed by atoms with E-state index in [4.69, 9.17) is 4.74 Å². The summed E-state index contributed by atoms with van der Waals surface area (Å²) in [5.74, 6) is 0.00880. The van der Waals surface area contributed by atoms with E-state index in [1.165, 1.54) is 39.3 Å². The van der Waals surface area contributed by atoms with Crippen LogP contribution in [0.4, 0.5) is 0 Å². The van der Waals surface area contributed by atoms with Gasteiger partial charge in [0.2, 0.25) is 12.3 Å². The molecule has 1 heterocycles. The molecule has 0 spiro atoms. The number of hydrogen-bond acceptors (Lipinski definition) is 5. The third kappa shape index (κ3) is 14.2. The van der Waals surface area contributed by atoms with Crippen molar-refractivity contribution >= 4 is 18.1 Å². The van der Waals surface area contributed by atoms with Gasteiger partial charge in [0.05, 0.1) is 18.7 Å². The van der Waals surface area contributed by atoms with Gasteiger partial charge in [-0.3, -0.25) is 14.4 Å². The van der Waals surface area contributed by atoms with Crippen LogP contribution in [0.1, 0.15) is 66.7 Å². The Bertz CT molecular complexity index is 440. The molecule has 7 nitrogen and oxygen atoms in total. The van der Waals surface area contributed by atoms with Crippen molar-refractivity contribution in [2.24, 2.45) is 5.92 Å². The fourth-order valence-electron chi connectivity index (χ4n) is 3.16. The van der Waals surface area contributed by atoms with E-state index < -0.39 is 0 Å². The molecule has 0 bridgehead atoms. The molecule has 0 aromatic heterocycles. The molecule has 7 heteroatoms. The number of rotatable bonds is 10. The van der Waals surface area contributed by atoms with Crippen molar-refractivity contribution in [2.75, 3.05) is 40.8 Å². The Kier molecular flexibility index (Phi) is 19.0. The van der Waals surface area contributed by atoms with Crippen molar-refractivity contribution in [3.8, 4) is 0 Å². The molecular formula is C22H45N3O4. The summed E-state index contributed by atoms with van der Waals surface area (Å²) < 4.78 is 5.42. The lowest BCUT2D eigenvalue weighted by atomic mass is 9.90. The lowest BCUT2D eigenvalue weighted by Crippen LogP contribution is -2.51. The quantitative estimate of drug-likeness (QED) is 0.555. The summed E-state index contributed by atoms with van der Waals surface area (Å²) in [6.07, 6.45) is 5.36. The van der Waals surface area contributed by atoms with Gasteiger partial charge < -0.3 is 19.9 Å². The van der Waals surface area contributed by atoms with Gasteiger partial charge in [0.15, 0.2) is 0 Å². The molecule has 1 saturated heterocycles. The van der Waals surface area contributed by atoms with Crippen LogP contribution >= 0.6 is 0 Å². The minimum Gasteiger partial charge on any atom is -0.379 e. The summed E-state index contributed by atoms with van der Waals surface area (Å²) in [4.78, 5) is 37.6. The average molecular weight is 416 g/mol. The summed E-state index contributed by atoms with van der Waals surface area (Å²) in [6, 6.07) is -0.199. The Hall–Kier alpha value is -1.47. The molecular weight excluding hydrogens is 370 g/mol. The predicted molar refractivity (Wildman–Crippen MR) is 119 cm³/mol. The minimum absolute atomic E-state index is 0.0250. The fraction of sp³-hybridized carbons (Fsp3) is 0.864. The second-order valence-electron chi connectivity index (χ2n) is 7.78. The largest absolute Gasteiger partial charge is 0.379 e. The summed E-state index contributed by atoms with van der Waals surface area (Å²) in [5.41, 5.74) is 0. The van der Waals surface area contributed by atoms with E-state index in [9.17, 15) is 14.4 Å². The zero-order valence-corrected chi connectivity index (χ0v) is 20.0. The molecule has 3 unspecified atom stereocenters. The Morgan fingerprint density at radius 2 is 1.72 bits per heavy atom. The van der Waals surface area contributed by atoms with Crippen LogP contribution in [0.5, 0.6) is 0 Å². The highest BCUT2D eigenvalue weighted by atomic mass is 16.5. The van der Waals surface area contributed by atoms with Crippen LogP contribution in [0.25, 0.3) is 0 Å². The number of ether oxygens (including phenoxy) is 1. The zero-order chi connectivity index (χ0) is 22.8. The van der Waals surface area contributed by atoms with Gasteiger partial charge in [-0.05, 0) is 45.8 Å². The first-order chi connectivity index (χ1) is 13.7. The Morgan fingerprint density at radius 1 is 1.21 bits per heavy atom. The van der Waals surface area contributed by atoms with Crippen molar-refractivity contribution in [3.05, 3.63) is 0 Å². The summed E-state index contributed by atoms with van der Waals surface area (Å²) in [7, 11) is 5.40. The van der Waals surface area contributed by atoms with Gasteiger partial charge in [0, 0.05) is 20.6 Å². The second kappa shape index (κ2) is 18.6. The molecule has 1 fully saturated rings. The highest BCUT2D eigenvalue weighted by molar-refractivity contribution is 5.80. The van der Waals surface area contributed by atoms with Gasteiger partial charge in [-0.25, -0.2) is 0 Å². The molecule has 3 atom stereocenters. The van der Waals surface area contributed by atoms with Gasteiger partial charge in [0.25, 0.3) is 0 Å². The predicted octanol–water partition coefficient (Wildman–Crippen LogP) is 2.73. The van der Waals surface area contributed by atoms with Crippen molar-refractivity contribution in [1.29, 1.82) is 0 Å². The van der Waals surface area contributed by atoms with E-state index in [1.54, 1.807) is 19.1 Å². The number of hydrogen-bond donors (Lipinski definition) is 1. The van der Waals surface area contributed by atoms with E-state index >= 15 is 0 Å². The van der Waals surface area contributed by atoms with Crippen molar-refractivity contribution in [1.82, 2.24) is 15.1 Å². The van der Waals surface area contributed by atoms with Crippen LogP contribution in [0.2, 0.25) is 0 Å². The first-order valence-electron chi connectivity index (χ1n) is 10.8. The van der Waals surface area contributed by atoms with Crippen LogP contribution in [0.3, 0.4) is 0 Å². The lowest BCUT2D eigenvalue weighted by Gasteiger charge is -2.37. The van der Waals surface area contributed by atoms with Crippen molar-refractivity contribution < 1.29 is 19.1 Å². The number of carbonyl (C=O) groups is 3. The van der Waals surface area contributed by atoms with Crippen LogP contribution in [-0.4, -0.2) is 80.9 Å². The SMILES string of the molecule is CCC.CCC(C)C(C(CC(C)=O)OC)N(C)C(=O)CNC=O.CN1CCCC1. The molecule has 1 aliphatic rings. The van der Waals surface area contributed by atoms with Crippen LogP contribution in [0, 0.1) is 5.92 Å². The van der Waals surface area contributed by atoms with Gasteiger partial charge >= 0.3 is 0 Å². The molecule has 1 aliphatic heterocycles. The van der Waals surface area contributed by atoms with Gasteiger partial charge in [0.1, 0.15) is 5.78 Å². The Labute approximate surface area is 178 Å². The Morgan fingerprint density at radius 3 is 2.03 bits per heavy atom. The smallest absolute Gasteiger partial charge is 0.242 e. The Balaban J connectivity index is 0. The molecule has 2 amide bonds. The molecule has 172 valence electrons. The fourth-order valence-corrected chi connectivity index (χ4v) is 3.16. The number of likely N-dealkylation sites (tertiary alicyclic amines) is 1. The van der Waals surface area contributed by atoms with Crippen LogP contribution in [0.15, 0.2) is 0 Å². The van der Waals surface area contributed by atoms with E-state index in [0.29, 0.717) is 6.41 Å². The number of likely N-dealkylation sites (N-methyl/N-ethyl adjacent to an activating group) is 1. The second-order valence-corrected chi connectivity index (χ2v) is 7.78. The van der Waals surface area contributed by atoms with E-state index in [1.807, 2.05) is 13.8 Å². The number of amides is 2. The standard InChI is InChI=1S/C14H26N2O4.C5H11N.C3H8/c1-6-10(2)14(12(20-5)7-11(3)18)16(4)13(19)8-15-9-17;1-6-4-2-3-5-6;1-3-2/h9-10,12,14H,6-8H2,1-5H3,(H,15,17);2-5H2,1H3;3H2,1-2H3. The monoisotopic (exact) mass is 415 g/mol. The van der Waals surface area contributed by atoms with Crippen LogP contribution in [-0.2, 0) is 19.1 Å². The number of Topliss-reactive ketones (excluding diaryl/α,β-unsaturated/α-hetero) is 1.